The standard InChI is InChI=1S/C15H27N3/c1-6-8-14-9-13(11-16-4)10-15(17-14)18(5)12(3)7-2/h9-10,12,16H,6-8,11H2,1-5H3. The zero-order valence-corrected chi connectivity index (χ0v) is 12.5. The maximum absolute atomic E-state index is 4.77. The monoisotopic (exact) mass is 249 g/mol. The molecule has 1 rings (SSSR count). The third kappa shape index (κ3) is 3.98. The largest absolute Gasteiger partial charge is 0.357 e. The van der Waals surface area contributed by atoms with Crippen molar-refractivity contribution in [3.8, 4) is 0 Å². The molecule has 1 heterocycles. The number of nitrogens with one attached hydrogen (secondary N) is 1. The SMILES string of the molecule is CCCc1cc(CNC)cc(N(C)C(C)CC)n1. The van der Waals surface area contributed by atoms with Gasteiger partial charge >= 0.3 is 0 Å². The number of anilines is 1. The Bertz CT molecular complexity index is 339. The molecule has 1 unspecified atom stereocenters. The highest BCUT2D eigenvalue weighted by atomic mass is 15.2. The van der Waals surface area contributed by atoms with Crippen molar-refractivity contribution in [2.45, 2.75) is 52.6 Å². The molecule has 0 bridgehead atoms. The first-order valence-electron chi connectivity index (χ1n) is 6.99. The molecule has 1 atom stereocenters. The molecule has 0 aromatic carbocycles. The van der Waals surface area contributed by atoms with Gasteiger partial charge in [0.1, 0.15) is 5.82 Å². The normalized spacial score (nSPS) is 12.5. The Hall–Kier alpha value is -1.09. The van der Waals surface area contributed by atoms with Crippen molar-refractivity contribution in [3.63, 3.8) is 0 Å². The average Bonchev–Trinajstić information content (AvgIpc) is 2.37. The predicted octanol–water partition coefficient (Wildman–Crippen LogP) is 2.99. The van der Waals surface area contributed by atoms with Crippen LogP contribution in [0.3, 0.4) is 0 Å². The van der Waals surface area contributed by atoms with Gasteiger partial charge in [-0.2, -0.15) is 0 Å². The molecule has 3 heteroatoms. The molecule has 0 aliphatic heterocycles. The number of pyridine rings is 1. The van der Waals surface area contributed by atoms with E-state index >= 15 is 0 Å². The van der Waals surface area contributed by atoms with E-state index in [1.807, 2.05) is 7.05 Å². The van der Waals surface area contributed by atoms with Crippen LogP contribution in [0.2, 0.25) is 0 Å². The van der Waals surface area contributed by atoms with Crippen LogP contribution < -0.4 is 10.2 Å². The summed E-state index contributed by atoms with van der Waals surface area (Å²) in [5.74, 6) is 1.10. The first-order valence-corrected chi connectivity index (χ1v) is 6.99. The minimum absolute atomic E-state index is 0.525. The molecule has 1 aromatic heterocycles. The molecule has 0 amide bonds. The summed E-state index contributed by atoms with van der Waals surface area (Å²) >= 11 is 0. The molecule has 0 spiro atoms. The van der Waals surface area contributed by atoms with E-state index in [-0.39, 0.29) is 0 Å². The summed E-state index contributed by atoms with van der Waals surface area (Å²) in [5, 5.41) is 3.22. The van der Waals surface area contributed by atoms with E-state index in [9.17, 15) is 0 Å². The molecule has 18 heavy (non-hydrogen) atoms. The maximum atomic E-state index is 4.77. The molecule has 0 saturated carbocycles. The second-order valence-electron chi connectivity index (χ2n) is 4.97. The van der Waals surface area contributed by atoms with Crippen LogP contribution in [0.25, 0.3) is 0 Å². The summed E-state index contributed by atoms with van der Waals surface area (Å²) < 4.78 is 0. The Balaban J connectivity index is 3.01. The van der Waals surface area contributed by atoms with Gasteiger partial charge in [0.25, 0.3) is 0 Å². The van der Waals surface area contributed by atoms with Gasteiger partial charge in [0.2, 0.25) is 0 Å². The molecule has 0 aliphatic carbocycles. The van der Waals surface area contributed by atoms with E-state index in [1.54, 1.807) is 0 Å². The summed E-state index contributed by atoms with van der Waals surface area (Å²) in [6.45, 7) is 7.56. The Morgan fingerprint density at radius 3 is 2.61 bits per heavy atom. The van der Waals surface area contributed by atoms with Gasteiger partial charge in [0, 0.05) is 25.3 Å². The molecule has 3 nitrogen and oxygen atoms in total. The number of rotatable bonds is 7. The van der Waals surface area contributed by atoms with Gasteiger partial charge in [0.15, 0.2) is 0 Å². The highest BCUT2D eigenvalue weighted by molar-refractivity contribution is 5.43. The molecule has 0 radical (unpaired) electrons. The molecular formula is C15H27N3. The number of aromatic nitrogens is 1. The van der Waals surface area contributed by atoms with Gasteiger partial charge in [-0.25, -0.2) is 4.98 Å². The first kappa shape index (κ1) is 15.0. The van der Waals surface area contributed by atoms with Crippen molar-refractivity contribution in [2.24, 2.45) is 0 Å². The van der Waals surface area contributed by atoms with Gasteiger partial charge in [-0.1, -0.05) is 20.3 Å². The fourth-order valence-corrected chi connectivity index (χ4v) is 2.00. The summed E-state index contributed by atoms with van der Waals surface area (Å²) in [7, 11) is 4.12. The summed E-state index contributed by atoms with van der Waals surface area (Å²) in [6.07, 6.45) is 3.33. The van der Waals surface area contributed by atoms with E-state index in [0.717, 1.165) is 31.6 Å². The Kier molecular flexibility index (Phi) is 6.13. The topological polar surface area (TPSA) is 28.2 Å². The zero-order chi connectivity index (χ0) is 13.5. The Labute approximate surface area is 112 Å². The lowest BCUT2D eigenvalue weighted by molar-refractivity contribution is 0.653. The second-order valence-corrected chi connectivity index (χ2v) is 4.97. The summed E-state index contributed by atoms with van der Waals surface area (Å²) in [6, 6.07) is 4.94. The molecule has 0 saturated heterocycles. The van der Waals surface area contributed by atoms with Crippen molar-refractivity contribution < 1.29 is 0 Å². The van der Waals surface area contributed by atoms with E-state index in [1.165, 1.54) is 11.3 Å². The van der Waals surface area contributed by atoms with Crippen LogP contribution in [0.5, 0.6) is 0 Å². The van der Waals surface area contributed by atoms with E-state index in [0.29, 0.717) is 6.04 Å². The number of hydrogen-bond acceptors (Lipinski definition) is 3. The molecule has 0 fully saturated rings. The fourth-order valence-electron chi connectivity index (χ4n) is 2.00. The molecule has 1 aromatic rings. The Morgan fingerprint density at radius 1 is 1.33 bits per heavy atom. The van der Waals surface area contributed by atoms with Crippen molar-refractivity contribution in [1.82, 2.24) is 10.3 Å². The average molecular weight is 249 g/mol. The number of nitrogens with zero attached hydrogens (tertiary/aromatic N) is 2. The third-order valence-electron chi connectivity index (χ3n) is 3.43. The molecule has 1 N–H and O–H groups in total. The van der Waals surface area contributed by atoms with Crippen LogP contribution in [0.15, 0.2) is 12.1 Å². The van der Waals surface area contributed by atoms with Crippen LogP contribution in [-0.2, 0) is 13.0 Å². The van der Waals surface area contributed by atoms with Gasteiger partial charge in [0.05, 0.1) is 0 Å². The zero-order valence-electron chi connectivity index (χ0n) is 12.5. The summed E-state index contributed by atoms with van der Waals surface area (Å²) in [5.41, 5.74) is 2.52. The lowest BCUT2D eigenvalue weighted by atomic mass is 10.1. The van der Waals surface area contributed by atoms with Gasteiger partial charge in [-0.05, 0) is 44.5 Å². The number of hydrogen-bond donors (Lipinski definition) is 1. The fraction of sp³-hybridized carbons (Fsp3) is 0.667. The molecule has 102 valence electrons. The Morgan fingerprint density at radius 2 is 2.06 bits per heavy atom. The minimum atomic E-state index is 0.525. The summed E-state index contributed by atoms with van der Waals surface area (Å²) in [4.78, 5) is 7.05. The highest BCUT2D eigenvalue weighted by Crippen LogP contribution is 2.18. The van der Waals surface area contributed by atoms with Gasteiger partial charge in [-0.15, -0.1) is 0 Å². The van der Waals surface area contributed by atoms with Crippen LogP contribution in [0.1, 0.15) is 44.9 Å². The number of aryl methyl sites for hydroxylation is 1. The van der Waals surface area contributed by atoms with Crippen LogP contribution >= 0.6 is 0 Å². The van der Waals surface area contributed by atoms with Crippen molar-refractivity contribution in [3.05, 3.63) is 23.4 Å². The highest BCUT2D eigenvalue weighted by Gasteiger charge is 2.11. The third-order valence-corrected chi connectivity index (χ3v) is 3.43. The second kappa shape index (κ2) is 7.37. The van der Waals surface area contributed by atoms with E-state index < -0.39 is 0 Å². The van der Waals surface area contributed by atoms with Crippen LogP contribution in [0.4, 0.5) is 5.82 Å². The van der Waals surface area contributed by atoms with Crippen LogP contribution in [0, 0.1) is 0 Å². The lowest BCUT2D eigenvalue weighted by Crippen LogP contribution is -2.29. The maximum Gasteiger partial charge on any atom is 0.129 e. The van der Waals surface area contributed by atoms with Gasteiger partial charge < -0.3 is 10.2 Å². The first-order chi connectivity index (χ1) is 8.62. The van der Waals surface area contributed by atoms with E-state index in [4.69, 9.17) is 4.98 Å². The molecule has 0 aliphatic rings. The quantitative estimate of drug-likeness (QED) is 0.805. The van der Waals surface area contributed by atoms with Gasteiger partial charge in [-0.3, -0.25) is 0 Å². The smallest absolute Gasteiger partial charge is 0.129 e. The van der Waals surface area contributed by atoms with E-state index in [2.05, 4.69) is 50.2 Å². The predicted molar refractivity (Wildman–Crippen MR) is 79.2 cm³/mol. The van der Waals surface area contributed by atoms with Crippen molar-refractivity contribution >= 4 is 5.82 Å². The lowest BCUT2D eigenvalue weighted by Gasteiger charge is -2.26. The molecular weight excluding hydrogens is 222 g/mol. The minimum Gasteiger partial charge on any atom is -0.357 e. The van der Waals surface area contributed by atoms with Crippen LogP contribution in [-0.4, -0.2) is 25.1 Å². The van der Waals surface area contributed by atoms with Crippen molar-refractivity contribution in [2.75, 3.05) is 19.0 Å². The van der Waals surface area contributed by atoms with Crippen molar-refractivity contribution in [1.29, 1.82) is 0 Å².